The van der Waals surface area contributed by atoms with Crippen molar-refractivity contribution < 1.29 is 9.50 Å². The van der Waals surface area contributed by atoms with E-state index < -0.39 is 0 Å². The SMILES string of the molecule is OC1CCC(Nc2nc(-c3ccccc3)nc3c2nnn3Cc2ccccc2F)CC1. The van der Waals surface area contributed by atoms with Gasteiger partial charge in [-0.25, -0.2) is 19.0 Å². The van der Waals surface area contributed by atoms with Gasteiger partial charge in [0, 0.05) is 17.2 Å². The first-order valence-corrected chi connectivity index (χ1v) is 10.5. The van der Waals surface area contributed by atoms with Crippen LogP contribution >= 0.6 is 0 Å². The molecule has 7 nitrogen and oxygen atoms in total. The van der Waals surface area contributed by atoms with Crippen molar-refractivity contribution in [3.05, 3.63) is 66.0 Å². The van der Waals surface area contributed by atoms with Gasteiger partial charge in [0.1, 0.15) is 5.82 Å². The van der Waals surface area contributed by atoms with Crippen molar-refractivity contribution in [2.75, 3.05) is 5.32 Å². The van der Waals surface area contributed by atoms with Crippen LogP contribution in [0.5, 0.6) is 0 Å². The highest BCUT2D eigenvalue weighted by atomic mass is 19.1. The summed E-state index contributed by atoms with van der Waals surface area (Å²) in [6.45, 7) is 0.226. The van der Waals surface area contributed by atoms with Crippen molar-refractivity contribution in [1.29, 1.82) is 0 Å². The summed E-state index contributed by atoms with van der Waals surface area (Å²) < 4.78 is 15.8. The molecule has 2 aromatic heterocycles. The van der Waals surface area contributed by atoms with Crippen LogP contribution in [0.1, 0.15) is 31.2 Å². The molecule has 4 aromatic rings. The average molecular weight is 418 g/mol. The molecule has 0 aliphatic heterocycles. The number of rotatable bonds is 5. The zero-order valence-electron chi connectivity index (χ0n) is 16.9. The van der Waals surface area contributed by atoms with Gasteiger partial charge in [-0.05, 0) is 31.7 Å². The van der Waals surface area contributed by atoms with Crippen LogP contribution in [0, 0.1) is 5.82 Å². The van der Waals surface area contributed by atoms with Crippen LogP contribution in [-0.2, 0) is 6.54 Å². The van der Waals surface area contributed by atoms with E-state index in [1.54, 1.807) is 22.9 Å². The Kier molecular flexibility index (Phi) is 5.30. The Labute approximate surface area is 179 Å². The van der Waals surface area contributed by atoms with Gasteiger partial charge in [0.2, 0.25) is 0 Å². The van der Waals surface area contributed by atoms with Gasteiger partial charge in [0.15, 0.2) is 22.8 Å². The maximum absolute atomic E-state index is 14.2. The largest absolute Gasteiger partial charge is 0.393 e. The number of benzene rings is 2. The van der Waals surface area contributed by atoms with Crippen molar-refractivity contribution in [2.45, 2.75) is 44.4 Å². The fourth-order valence-electron chi connectivity index (χ4n) is 3.98. The number of fused-ring (bicyclic) bond motifs is 1. The number of aliphatic hydroxyl groups excluding tert-OH is 1. The molecule has 2 aromatic carbocycles. The molecule has 0 radical (unpaired) electrons. The van der Waals surface area contributed by atoms with E-state index in [9.17, 15) is 9.50 Å². The third-order valence-electron chi connectivity index (χ3n) is 5.71. The summed E-state index contributed by atoms with van der Waals surface area (Å²) >= 11 is 0. The molecule has 5 rings (SSSR count). The fraction of sp³-hybridized carbons (Fsp3) is 0.304. The third kappa shape index (κ3) is 4.11. The minimum absolute atomic E-state index is 0.196. The molecular weight excluding hydrogens is 395 g/mol. The van der Waals surface area contributed by atoms with E-state index >= 15 is 0 Å². The Morgan fingerprint density at radius 1 is 0.968 bits per heavy atom. The van der Waals surface area contributed by atoms with Gasteiger partial charge < -0.3 is 10.4 Å². The lowest BCUT2D eigenvalue weighted by Crippen LogP contribution is -2.28. The standard InChI is InChI=1S/C23H23FN6O/c24-19-9-5-4-8-16(19)14-30-23-20(28-29-30)22(25-17-10-12-18(31)13-11-17)26-21(27-23)15-6-2-1-3-7-15/h1-9,17-18,31H,10-14H2,(H,25,26,27). The van der Waals surface area contributed by atoms with Crippen LogP contribution in [-0.4, -0.2) is 42.2 Å². The van der Waals surface area contributed by atoms with Crippen LogP contribution in [0.2, 0.25) is 0 Å². The molecule has 1 fully saturated rings. The van der Waals surface area contributed by atoms with Gasteiger partial charge in [0.05, 0.1) is 12.6 Å². The molecule has 2 N–H and O–H groups in total. The van der Waals surface area contributed by atoms with Crippen molar-refractivity contribution in [2.24, 2.45) is 0 Å². The van der Waals surface area contributed by atoms with Gasteiger partial charge in [-0.15, -0.1) is 5.10 Å². The normalized spacial score (nSPS) is 18.9. The summed E-state index contributed by atoms with van der Waals surface area (Å²) in [6, 6.07) is 16.5. The van der Waals surface area contributed by atoms with Crippen LogP contribution in [0.15, 0.2) is 54.6 Å². The number of hydrogen-bond donors (Lipinski definition) is 2. The first-order valence-electron chi connectivity index (χ1n) is 10.5. The van der Waals surface area contributed by atoms with Gasteiger partial charge in [-0.1, -0.05) is 53.7 Å². The first kappa shape index (κ1) is 19.6. The molecule has 1 aliphatic rings. The lowest BCUT2D eigenvalue weighted by molar-refractivity contribution is 0.126. The lowest BCUT2D eigenvalue weighted by atomic mass is 9.93. The van der Waals surface area contributed by atoms with Gasteiger partial charge >= 0.3 is 0 Å². The van der Waals surface area contributed by atoms with Crippen LogP contribution in [0.25, 0.3) is 22.6 Å². The second kappa shape index (κ2) is 8.39. The van der Waals surface area contributed by atoms with E-state index in [-0.39, 0.29) is 24.5 Å². The van der Waals surface area contributed by atoms with Gasteiger partial charge in [0.25, 0.3) is 0 Å². The number of nitrogens with zero attached hydrogens (tertiary/aromatic N) is 5. The molecule has 1 saturated carbocycles. The minimum Gasteiger partial charge on any atom is -0.393 e. The van der Waals surface area contributed by atoms with Crippen molar-refractivity contribution in [3.63, 3.8) is 0 Å². The predicted molar refractivity (Wildman–Crippen MR) is 116 cm³/mol. The number of aromatic nitrogens is 5. The lowest BCUT2D eigenvalue weighted by Gasteiger charge is -2.26. The molecule has 0 bridgehead atoms. The number of nitrogens with one attached hydrogen (secondary N) is 1. The molecule has 31 heavy (non-hydrogen) atoms. The quantitative estimate of drug-likeness (QED) is 0.513. The van der Waals surface area contributed by atoms with E-state index in [4.69, 9.17) is 9.97 Å². The van der Waals surface area contributed by atoms with Crippen molar-refractivity contribution in [1.82, 2.24) is 25.0 Å². The number of hydrogen-bond acceptors (Lipinski definition) is 6. The summed E-state index contributed by atoms with van der Waals surface area (Å²) in [5, 5.41) is 21.9. The molecule has 0 unspecified atom stereocenters. The third-order valence-corrected chi connectivity index (χ3v) is 5.71. The van der Waals surface area contributed by atoms with E-state index in [1.165, 1.54) is 6.07 Å². The summed E-state index contributed by atoms with van der Waals surface area (Å²) in [5.74, 6) is 0.885. The molecule has 158 valence electrons. The monoisotopic (exact) mass is 418 g/mol. The van der Waals surface area contributed by atoms with Crippen molar-refractivity contribution >= 4 is 17.0 Å². The molecular formula is C23H23FN6O. The number of halogens is 1. The van der Waals surface area contributed by atoms with Gasteiger partial charge in [-0.2, -0.15) is 0 Å². The number of anilines is 1. The zero-order chi connectivity index (χ0) is 21.2. The molecule has 1 aliphatic carbocycles. The summed E-state index contributed by atoms with van der Waals surface area (Å²) in [6.07, 6.45) is 3.01. The van der Waals surface area contributed by atoms with Crippen LogP contribution in [0.3, 0.4) is 0 Å². The minimum atomic E-state index is -0.289. The smallest absolute Gasteiger partial charge is 0.184 e. The van der Waals surface area contributed by atoms with E-state index in [1.807, 2.05) is 30.3 Å². The maximum Gasteiger partial charge on any atom is 0.184 e. The second-order valence-electron chi connectivity index (χ2n) is 7.92. The second-order valence-corrected chi connectivity index (χ2v) is 7.92. The van der Waals surface area contributed by atoms with Crippen LogP contribution in [0.4, 0.5) is 10.2 Å². The summed E-state index contributed by atoms with van der Waals surface area (Å²) in [7, 11) is 0. The Balaban J connectivity index is 1.56. The molecule has 0 amide bonds. The average Bonchev–Trinajstić information content (AvgIpc) is 3.20. The van der Waals surface area contributed by atoms with Gasteiger partial charge in [-0.3, -0.25) is 0 Å². The highest BCUT2D eigenvalue weighted by Crippen LogP contribution is 2.27. The molecule has 2 heterocycles. The van der Waals surface area contributed by atoms with Crippen LogP contribution < -0.4 is 5.32 Å². The predicted octanol–water partition coefficient (Wildman–Crippen LogP) is 3.79. The Morgan fingerprint density at radius 2 is 1.71 bits per heavy atom. The van der Waals surface area contributed by atoms with Crippen molar-refractivity contribution in [3.8, 4) is 11.4 Å². The number of aliphatic hydroxyl groups is 1. The Bertz CT molecular complexity index is 1190. The van der Waals surface area contributed by atoms with E-state index in [2.05, 4.69) is 15.6 Å². The molecule has 0 atom stereocenters. The first-order chi connectivity index (χ1) is 15.2. The Hall–Kier alpha value is -3.39. The summed E-state index contributed by atoms with van der Waals surface area (Å²) in [4.78, 5) is 9.47. The molecule has 8 heteroatoms. The molecule has 0 saturated heterocycles. The topological polar surface area (TPSA) is 88.8 Å². The van der Waals surface area contributed by atoms with E-state index in [0.717, 1.165) is 31.2 Å². The molecule has 0 spiro atoms. The highest BCUT2D eigenvalue weighted by molar-refractivity contribution is 5.84. The zero-order valence-corrected chi connectivity index (χ0v) is 16.9. The van der Waals surface area contributed by atoms with E-state index in [0.29, 0.717) is 28.4 Å². The maximum atomic E-state index is 14.2. The summed E-state index contributed by atoms with van der Waals surface area (Å²) in [5.41, 5.74) is 2.51. The Morgan fingerprint density at radius 3 is 2.48 bits per heavy atom. The highest BCUT2D eigenvalue weighted by Gasteiger charge is 2.23. The fourth-order valence-corrected chi connectivity index (χ4v) is 3.98.